The highest BCUT2D eigenvalue weighted by molar-refractivity contribution is 7.99. The van der Waals surface area contributed by atoms with Crippen LogP contribution in [0.5, 0.6) is 0 Å². The SMILES string of the molecule is CCCC(CSC)=NO. The summed E-state index contributed by atoms with van der Waals surface area (Å²) in [7, 11) is 0. The molecule has 0 aliphatic rings. The Bertz CT molecular complexity index is 85.1. The fraction of sp³-hybridized carbons (Fsp3) is 0.833. The predicted molar refractivity (Wildman–Crippen MR) is 42.5 cm³/mol. The molecule has 0 amide bonds. The lowest BCUT2D eigenvalue weighted by Gasteiger charge is -1.96. The Morgan fingerprint density at radius 3 is 2.67 bits per heavy atom. The van der Waals surface area contributed by atoms with E-state index in [4.69, 9.17) is 5.21 Å². The number of rotatable bonds is 4. The van der Waals surface area contributed by atoms with E-state index in [9.17, 15) is 0 Å². The summed E-state index contributed by atoms with van der Waals surface area (Å²) in [5.74, 6) is 0.852. The van der Waals surface area contributed by atoms with Gasteiger partial charge in [0.05, 0.1) is 5.71 Å². The minimum Gasteiger partial charge on any atom is -0.411 e. The van der Waals surface area contributed by atoms with Crippen molar-refractivity contribution in [2.45, 2.75) is 19.8 Å². The second kappa shape index (κ2) is 5.95. The van der Waals surface area contributed by atoms with Gasteiger partial charge in [-0.25, -0.2) is 0 Å². The zero-order chi connectivity index (χ0) is 7.11. The number of nitrogens with zero attached hydrogens (tertiary/aromatic N) is 1. The Morgan fingerprint density at radius 1 is 1.67 bits per heavy atom. The fourth-order valence-electron chi connectivity index (χ4n) is 0.606. The van der Waals surface area contributed by atoms with Gasteiger partial charge in [0.2, 0.25) is 0 Å². The first-order chi connectivity index (χ1) is 4.35. The summed E-state index contributed by atoms with van der Waals surface area (Å²) in [6, 6.07) is 0. The van der Waals surface area contributed by atoms with Gasteiger partial charge in [0.1, 0.15) is 0 Å². The van der Waals surface area contributed by atoms with Crippen molar-refractivity contribution in [1.82, 2.24) is 0 Å². The Hall–Kier alpha value is -0.180. The third-order valence-corrected chi connectivity index (χ3v) is 1.61. The van der Waals surface area contributed by atoms with Gasteiger partial charge in [-0.1, -0.05) is 18.5 Å². The Labute approximate surface area is 60.3 Å². The first kappa shape index (κ1) is 8.82. The van der Waals surface area contributed by atoms with Gasteiger partial charge in [-0.2, -0.15) is 11.8 Å². The zero-order valence-electron chi connectivity index (χ0n) is 5.92. The van der Waals surface area contributed by atoms with Crippen LogP contribution in [-0.2, 0) is 0 Å². The van der Waals surface area contributed by atoms with E-state index in [1.165, 1.54) is 0 Å². The largest absolute Gasteiger partial charge is 0.411 e. The fourth-order valence-corrected chi connectivity index (χ4v) is 1.14. The van der Waals surface area contributed by atoms with Crippen molar-refractivity contribution < 1.29 is 5.21 Å². The highest BCUT2D eigenvalue weighted by Gasteiger charge is 1.94. The van der Waals surface area contributed by atoms with Crippen molar-refractivity contribution in [3.05, 3.63) is 0 Å². The van der Waals surface area contributed by atoms with Crippen LogP contribution in [0.4, 0.5) is 0 Å². The summed E-state index contributed by atoms with van der Waals surface area (Å²) in [6.45, 7) is 2.07. The predicted octanol–water partition coefficient (Wildman–Crippen LogP) is 1.98. The second-order valence-electron chi connectivity index (χ2n) is 1.85. The quantitative estimate of drug-likeness (QED) is 0.374. The van der Waals surface area contributed by atoms with Crippen molar-refractivity contribution in [2.75, 3.05) is 12.0 Å². The summed E-state index contributed by atoms with van der Waals surface area (Å²) in [4.78, 5) is 0. The molecule has 0 rings (SSSR count). The molecule has 0 saturated carbocycles. The number of hydrogen-bond donors (Lipinski definition) is 1. The van der Waals surface area contributed by atoms with Crippen LogP contribution in [-0.4, -0.2) is 22.9 Å². The standard InChI is InChI=1S/C6H13NOS/c1-3-4-6(7-8)5-9-2/h8H,3-5H2,1-2H3. The maximum atomic E-state index is 8.36. The van der Waals surface area contributed by atoms with Gasteiger partial charge < -0.3 is 5.21 Å². The van der Waals surface area contributed by atoms with Gasteiger partial charge in [-0.3, -0.25) is 0 Å². The molecule has 9 heavy (non-hydrogen) atoms. The third kappa shape index (κ3) is 4.33. The van der Waals surface area contributed by atoms with E-state index in [0.29, 0.717) is 0 Å². The highest BCUT2D eigenvalue weighted by Crippen LogP contribution is 1.99. The van der Waals surface area contributed by atoms with Gasteiger partial charge in [-0.05, 0) is 12.7 Å². The molecule has 3 heteroatoms. The molecule has 0 aromatic rings. The van der Waals surface area contributed by atoms with Crippen molar-refractivity contribution in [1.29, 1.82) is 0 Å². The average molecular weight is 147 g/mol. The van der Waals surface area contributed by atoms with E-state index in [1.54, 1.807) is 11.8 Å². The van der Waals surface area contributed by atoms with Crippen molar-refractivity contribution in [3.63, 3.8) is 0 Å². The molecule has 54 valence electrons. The Kier molecular flexibility index (Phi) is 5.83. The zero-order valence-corrected chi connectivity index (χ0v) is 6.74. The van der Waals surface area contributed by atoms with E-state index < -0.39 is 0 Å². The molecule has 0 aliphatic carbocycles. The lowest BCUT2D eigenvalue weighted by atomic mass is 10.2. The van der Waals surface area contributed by atoms with Crippen molar-refractivity contribution in [3.8, 4) is 0 Å². The van der Waals surface area contributed by atoms with Crippen LogP contribution in [0, 0.1) is 0 Å². The van der Waals surface area contributed by atoms with Crippen LogP contribution in [0.2, 0.25) is 0 Å². The Morgan fingerprint density at radius 2 is 2.33 bits per heavy atom. The second-order valence-corrected chi connectivity index (χ2v) is 2.72. The normalized spacial score (nSPS) is 12.0. The Balaban J connectivity index is 3.43. The lowest BCUT2D eigenvalue weighted by molar-refractivity contribution is 0.317. The molecular formula is C6H13NOS. The van der Waals surface area contributed by atoms with Crippen LogP contribution >= 0.6 is 11.8 Å². The first-order valence-electron chi connectivity index (χ1n) is 3.03. The summed E-state index contributed by atoms with van der Waals surface area (Å²) in [6.07, 6.45) is 3.97. The van der Waals surface area contributed by atoms with Gasteiger partial charge in [0, 0.05) is 5.75 Å². The van der Waals surface area contributed by atoms with Gasteiger partial charge >= 0.3 is 0 Å². The molecule has 0 unspecified atom stereocenters. The van der Waals surface area contributed by atoms with Crippen LogP contribution in [0.25, 0.3) is 0 Å². The molecule has 0 atom stereocenters. The van der Waals surface area contributed by atoms with Crippen LogP contribution < -0.4 is 0 Å². The van der Waals surface area contributed by atoms with Crippen LogP contribution in [0.1, 0.15) is 19.8 Å². The summed E-state index contributed by atoms with van der Waals surface area (Å²) in [5, 5.41) is 11.5. The molecule has 0 radical (unpaired) electrons. The summed E-state index contributed by atoms with van der Waals surface area (Å²) in [5.41, 5.74) is 0.894. The van der Waals surface area contributed by atoms with E-state index >= 15 is 0 Å². The van der Waals surface area contributed by atoms with Gasteiger partial charge in [-0.15, -0.1) is 0 Å². The molecule has 0 spiro atoms. The molecule has 0 aliphatic heterocycles. The molecule has 0 aromatic heterocycles. The van der Waals surface area contributed by atoms with E-state index in [-0.39, 0.29) is 0 Å². The minimum atomic E-state index is 0.852. The maximum absolute atomic E-state index is 8.36. The summed E-state index contributed by atoms with van der Waals surface area (Å²) >= 11 is 1.68. The van der Waals surface area contributed by atoms with Gasteiger partial charge in [0.25, 0.3) is 0 Å². The molecule has 1 N–H and O–H groups in total. The van der Waals surface area contributed by atoms with Crippen molar-refractivity contribution in [2.24, 2.45) is 5.16 Å². The molecule has 2 nitrogen and oxygen atoms in total. The van der Waals surface area contributed by atoms with Crippen molar-refractivity contribution >= 4 is 17.5 Å². The maximum Gasteiger partial charge on any atom is 0.0669 e. The molecule has 0 fully saturated rings. The number of thioether (sulfide) groups is 1. The lowest BCUT2D eigenvalue weighted by Crippen LogP contribution is -2.00. The van der Waals surface area contributed by atoms with Gasteiger partial charge in [0.15, 0.2) is 0 Å². The topological polar surface area (TPSA) is 32.6 Å². The molecule has 0 bridgehead atoms. The average Bonchev–Trinajstić information content (AvgIpc) is 1.88. The van der Waals surface area contributed by atoms with E-state index in [1.807, 2.05) is 6.26 Å². The molecular weight excluding hydrogens is 134 g/mol. The molecule has 0 aromatic carbocycles. The minimum absolute atomic E-state index is 0.852. The van der Waals surface area contributed by atoms with E-state index in [2.05, 4.69) is 12.1 Å². The molecule has 0 saturated heterocycles. The first-order valence-corrected chi connectivity index (χ1v) is 4.43. The van der Waals surface area contributed by atoms with Crippen LogP contribution in [0.3, 0.4) is 0 Å². The highest BCUT2D eigenvalue weighted by atomic mass is 32.2. The number of hydrogen-bond acceptors (Lipinski definition) is 3. The third-order valence-electron chi connectivity index (χ3n) is 0.991. The monoisotopic (exact) mass is 147 g/mol. The molecule has 0 heterocycles. The van der Waals surface area contributed by atoms with Crippen LogP contribution in [0.15, 0.2) is 5.16 Å². The smallest absolute Gasteiger partial charge is 0.0669 e. The summed E-state index contributed by atoms with van der Waals surface area (Å²) < 4.78 is 0. The van der Waals surface area contributed by atoms with E-state index in [0.717, 1.165) is 24.3 Å². The number of oxime groups is 1.